The van der Waals surface area contributed by atoms with Gasteiger partial charge in [0.15, 0.2) is 23.1 Å². The number of benzene rings is 2. The third kappa shape index (κ3) is 4.28. The Bertz CT molecular complexity index is 1340. The van der Waals surface area contributed by atoms with Gasteiger partial charge in [0.25, 0.3) is 0 Å². The van der Waals surface area contributed by atoms with E-state index in [-0.39, 0.29) is 5.78 Å². The Balaban J connectivity index is 1.64. The molecular formula is C28H33N5O4. The summed E-state index contributed by atoms with van der Waals surface area (Å²) in [5.74, 6) is 2.97. The van der Waals surface area contributed by atoms with Gasteiger partial charge in [0.05, 0.1) is 21.3 Å². The molecular weight excluding hydrogens is 470 g/mol. The molecule has 37 heavy (non-hydrogen) atoms. The molecule has 5 rings (SSSR count). The van der Waals surface area contributed by atoms with E-state index in [1.807, 2.05) is 18.2 Å². The average molecular weight is 504 g/mol. The van der Waals surface area contributed by atoms with Crippen LogP contribution in [0, 0.1) is 0 Å². The highest BCUT2D eigenvalue weighted by Crippen LogP contribution is 2.46. The van der Waals surface area contributed by atoms with Crippen molar-refractivity contribution in [2.24, 2.45) is 0 Å². The third-order valence-corrected chi connectivity index (χ3v) is 7.15. The van der Waals surface area contributed by atoms with Gasteiger partial charge in [-0.2, -0.15) is 4.98 Å². The molecule has 1 unspecified atom stereocenters. The quantitative estimate of drug-likeness (QED) is 0.467. The van der Waals surface area contributed by atoms with Gasteiger partial charge < -0.3 is 24.4 Å². The molecule has 9 heteroatoms. The van der Waals surface area contributed by atoms with Crippen molar-refractivity contribution in [3.05, 3.63) is 53.2 Å². The van der Waals surface area contributed by atoms with Crippen LogP contribution >= 0.6 is 0 Å². The van der Waals surface area contributed by atoms with Crippen molar-refractivity contribution in [2.75, 3.05) is 44.6 Å². The predicted octanol–water partition coefficient (Wildman–Crippen LogP) is 4.84. The maximum absolute atomic E-state index is 13.3. The van der Waals surface area contributed by atoms with Crippen molar-refractivity contribution in [2.45, 2.75) is 39.2 Å². The smallest absolute Gasteiger partial charge is 0.226 e. The van der Waals surface area contributed by atoms with E-state index >= 15 is 0 Å². The number of hydrogen-bond donors (Lipinski definition) is 1. The summed E-state index contributed by atoms with van der Waals surface area (Å²) in [7, 11) is 4.78. The number of carbonyl (C=O) groups is 1. The molecule has 9 nitrogen and oxygen atoms in total. The van der Waals surface area contributed by atoms with Crippen molar-refractivity contribution >= 4 is 17.4 Å². The number of nitrogens with one attached hydrogen (secondary N) is 1. The Labute approximate surface area is 217 Å². The number of methoxy groups -OCH3 is 3. The molecule has 0 fully saturated rings. The highest BCUT2D eigenvalue weighted by molar-refractivity contribution is 5.99. The van der Waals surface area contributed by atoms with Gasteiger partial charge in [-0.1, -0.05) is 0 Å². The van der Waals surface area contributed by atoms with Crippen LogP contribution in [0.1, 0.15) is 44.7 Å². The Morgan fingerprint density at radius 2 is 1.65 bits per heavy atom. The van der Waals surface area contributed by atoms with E-state index in [0.717, 1.165) is 48.4 Å². The molecule has 194 valence electrons. The summed E-state index contributed by atoms with van der Waals surface area (Å²) < 4.78 is 18.6. The lowest BCUT2D eigenvalue weighted by molar-refractivity contribution is -0.116. The fraction of sp³-hybridized carbons (Fsp3) is 0.393. The summed E-state index contributed by atoms with van der Waals surface area (Å²) in [6.07, 6.45) is 2.07. The molecule has 1 N–H and O–H groups in total. The number of ketones is 1. The normalized spacial score (nSPS) is 16.6. The molecule has 0 saturated heterocycles. The van der Waals surface area contributed by atoms with E-state index in [1.165, 1.54) is 0 Å². The number of hydrogen-bond acceptors (Lipinski definition) is 8. The minimum atomic E-state index is -0.509. The summed E-state index contributed by atoms with van der Waals surface area (Å²) in [6, 6.07) is 11.4. The van der Waals surface area contributed by atoms with Crippen LogP contribution in [-0.2, 0) is 4.79 Å². The standard InChI is InChI=1S/C28H33N5O4/c1-6-32(7-2)18-13-11-17(12-14-18)27-30-28-29-20-9-8-10-21(34)25(20)26(33(28)31-27)19-15-23(36-4)24(37-5)16-22(19)35-3/h11-16,26H,6-10H2,1-5H3,(H,29,30,31). The first-order chi connectivity index (χ1) is 18.0. The second-order valence-electron chi connectivity index (χ2n) is 9.07. The second-order valence-corrected chi connectivity index (χ2v) is 9.07. The Morgan fingerprint density at radius 3 is 2.30 bits per heavy atom. The van der Waals surface area contributed by atoms with E-state index in [9.17, 15) is 4.79 Å². The topological polar surface area (TPSA) is 90.7 Å². The SMILES string of the molecule is CCN(CC)c1ccc(-c2nc3n(n2)C(c2cc(OC)c(OC)cc2OC)C2=C(CCCC2=O)N3)cc1. The molecule has 0 radical (unpaired) electrons. The molecule has 1 aliphatic carbocycles. The summed E-state index contributed by atoms with van der Waals surface area (Å²) >= 11 is 0. The van der Waals surface area contributed by atoms with Gasteiger partial charge in [0.2, 0.25) is 5.95 Å². The number of Topliss-reactive ketones (excluding diaryl/α,β-unsaturated/α-hetero) is 1. The lowest BCUT2D eigenvalue weighted by Gasteiger charge is -2.33. The van der Waals surface area contributed by atoms with E-state index in [4.69, 9.17) is 24.3 Å². The third-order valence-electron chi connectivity index (χ3n) is 7.15. The Kier molecular flexibility index (Phi) is 6.78. The van der Waals surface area contributed by atoms with E-state index in [0.29, 0.717) is 41.0 Å². The largest absolute Gasteiger partial charge is 0.496 e. The second kappa shape index (κ2) is 10.2. The van der Waals surface area contributed by atoms with Gasteiger partial charge in [0.1, 0.15) is 11.8 Å². The fourth-order valence-electron chi connectivity index (χ4n) is 5.24. The molecule has 1 aromatic heterocycles. The predicted molar refractivity (Wildman–Crippen MR) is 143 cm³/mol. The van der Waals surface area contributed by atoms with Gasteiger partial charge in [-0.15, -0.1) is 5.10 Å². The zero-order valence-corrected chi connectivity index (χ0v) is 22.0. The van der Waals surface area contributed by atoms with Gasteiger partial charge >= 0.3 is 0 Å². The van der Waals surface area contributed by atoms with Crippen LogP contribution < -0.4 is 24.4 Å². The van der Waals surface area contributed by atoms with Gasteiger partial charge in [0, 0.05) is 53.7 Å². The Hall–Kier alpha value is -4.01. The van der Waals surface area contributed by atoms with Crippen LogP contribution in [0.3, 0.4) is 0 Å². The maximum Gasteiger partial charge on any atom is 0.226 e. The highest BCUT2D eigenvalue weighted by atomic mass is 16.5. The summed E-state index contributed by atoms with van der Waals surface area (Å²) in [6.45, 7) is 6.17. The Morgan fingerprint density at radius 1 is 0.973 bits per heavy atom. The monoisotopic (exact) mass is 503 g/mol. The van der Waals surface area contributed by atoms with E-state index < -0.39 is 6.04 Å². The minimum absolute atomic E-state index is 0.0989. The molecule has 1 atom stereocenters. The molecule has 0 spiro atoms. The molecule has 0 amide bonds. The molecule has 0 bridgehead atoms. The van der Waals surface area contributed by atoms with Crippen LogP contribution in [0.15, 0.2) is 47.7 Å². The van der Waals surface area contributed by atoms with E-state index in [2.05, 4.69) is 36.2 Å². The number of anilines is 2. The van der Waals surface area contributed by atoms with Gasteiger partial charge in [-0.05, 0) is 57.0 Å². The molecule has 2 aromatic carbocycles. The average Bonchev–Trinajstić information content (AvgIpc) is 3.36. The number of fused-ring (bicyclic) bond motifs is 1. The first kappa shape index (κ1) is 24.7. The number of ether oxygens (including phenoxy) is 3. The number of nitrogens with zero attached hydrogens (tertiary/aromatic N) is 4. The van der Waals surface area contributed by atoms with Crippen LogP contribution in [-0.4, -0.2) is 55.0 Å². The molecule has 2 heterocycles. The number of rotatable bonds is 8. The first-order valence-corrected chi connectivity index (χ1v) is 12.7. The zero-order chi connectivity index (χ0) is 26.1. The molecule has 0 saturated carbocycles. The van der Waals surface area contributed by atoms with Crippen molar-refractivity contribution in [3.63, 3.8) is 0 Å². The minimum Gasteiger partial charge on any atom is -0.496 e. The van der Waals surface area contributed by atoms with Crippen LogP contribution in [0.5, 0.6) is 17.2 Å². The number of aromatic nitrogens is 3. The van der Waals surface area contributed by atoms with E-state index in [1.54, 1.807) is 32.1 Å². The highest BCUT2D eigenvalue weighted by Gasteiger charge is 2.39. The summed E-state index contributed by atoms with van der Waals surface area (Å²) in [4.78, 5) is 20.4. The first-order valence-electron chi connectivity index (χ1n) is 12.7. The van der Waals surface area contributed by atoms with Crippen molar-refractivity contribution in [1.82, 2.24) is 14.8 Å². The molecule has 1 aliphatic heterocycles. The number of carbonyl (C=O) groups excluding carboxylic acids is 1. The van der Waals surface area contributed by atoms with Crippen molar-refractivity contribution in [1.29, 1.82) is 0 Å². The van der Waals surface area contributed by atoms with Crippen molar-refractivity contribution in [3.8, 4) is 28.6 Å². The zero-order valence-electron chi connectivity index (χ0n) is 22.0. The van der Waals surface area contributed by atoms with Crippen molar-refractivity contribution < 1.29 is 19.0 Å². The lowest BCUT2D eigenvalue weighted by Crippen LogP contribution is -2.31. The maximum atomic E-state index is 13.3. The fourth-order valence-corrected chi connectivity index (χ4v) is 5.24. The number of allylic oxidation sites excluding steroid dienone is 2. The van der Waals surface area contributed by atoms with Crippen LogP contribution in [0.25, 0.3) is 11.4 Å². The summed E-state index contributed by atoms with van der Waals surface area (Å²) in [5.41, 5.74) is 4.41. The van der Waals surface area contributed by atoms with Crippen LogP contribution in [0.2, 0.25) is 0 Å². The molecule has 3 aromatic rings. The van der Waals surface area contributed by atoms with Gasteiger partial charge in [-0.3, -0.25) is 4.79 Å². The van der Waals surface area contributed by atoms with Gasteiger partial charge in [-0.25, -0.2) is 4.68 Å². The van der Waals surface area contributed by atoms with Crippen LogP contribution in [0.4, 0.5) is 11.6 Å². The summed E-state index contributed by atoms with van der Waals surface area (Å²) in [5, 5.41) is 8.31. The lowest BCUT2D eigenvalue weighted by atomic mass is 9.85. The molecule has 2 aliphatic rings.